The number of hydrogen-bond donors (Lipinski definition) is 1. The molecule has 0 fully saturated rings. The average Bonchev–Trinajstić information content (AvgIpc) is 3.31. The summed E-state index contributed by atoms with van der Waals surface area (Å²) in [6.45, 7) is 4.35. The lowest BCUT2D eigenvalue weighted by molar-refractivity contribution is -0.113. The fourth-order valence-electron chi connectivity index (χ4n) is 2.39. The van der Waals surface area contributed by atoms with Gasteiger partial charge in [-0.05, 0) is 32.0 Å². The first-order valence-electron chi connectivity index (χ1n) is 8.35. The van der Waals surface area contributed by atoms with Gasteiger partial charge in [0.05, 0.1) is 10.8 Å². The molecule has 148 valence electrons. The largest absolute Gasteiger partial charge is 0.481 e. The molecular formula is C17H17ClFN5O2S2. The van der Waals surface area contributed by atoms with Crippen LogP contribution in [0.5, 0.6) is 5.75 Å². The third kappa shape index (κ3) is 5.00. The van der Waals surface area contributed by atoms with Gasteiger partial charge in [0.1, 0.15) is 11.6 Å². The van der Waals surface area contributed by atoms with Crippen molar-refractivity contribution in [2.75, 3.05) is 11.1 Å². The van der Waals surface area contributed by atoms with E-state index in [9.17, 15) is 9.18 Å². The van der Waals surface area contributed by atoms with Crippen LogP contribution in [0.25, 0.3) is 0 Å². The van der Waals surface area contributed by atoms with Crippen LogP contribution in [-0.2, 0) is 11.3 Å². The molecule has 0 aliphatic rings. The van der Waals surface area contributed by atoms with E-state index in [1.54, 1.807) is 18.5 Å². The van der Waals surface area contributed by atoms with Gasteiger partial charge in [0.25, 0.3) is 0 Å². The second-order valence-electron chi connectivity index (χ2n) is 5.59. The molecule has 7 nitrogen and oxygen atoms in total. The number of nitrogens with zero attached hydrogens (tertiary/aromatic N) is 4. The molecule has 28 heavy (non-hydrogen) atoms. The van der Waals surface area contributed by atoms with Crippen molar-refractivity contribution in [3.63, 3.8) is 0 Å². The second-order valence-corrected chi connectivity index (χ2v) is 7.84. The molecule has 0 radical (unpaired) electrons. The molecule has 0 aliphatic heterocycles. The highest BCUT2D eigenvalue weighted by atomic mass is 35.5. The third-order valence-corrected chi connectivity index (χ3v) is 5.58. The highest BCUT2D eigenvalue weighted by molar-refractivity contribution is 7.99. The van der Waals surface area contributed by atoms with Crippen molar-refractivity contribution < 1.29 is 13.9 Å². The highest BCUT2D eigenvalue weighted by Crippen LogP contribution is 2.30. The summed E-state index contributed by atoms with van der Waals surface area (Å²) in [5, 5.41) is 14.2. The number of carbonyl (C=O) groups excluding carboxylic acids is 1. The van der Waals surface area contributed by atoms with Gasteiger partial charge < -0.3 is 14.6 Å². The fraction of sp³-hybridized carbons (Fsp3) is 0.294. The normalized spacial score (nSPS) is 12.0. The van der Waals surface area contributed by atoms with E-state index in [0.717, 1.165) is 0 Å². The zero-order chi connectivity index (χ0) is 20.1. The number of rotatable bonds is 8. The summed E-state index contributed by atoms with van der Waals surface area (Å²) in [6, 6.07) is 3.94. The highest BCUT2D eigenvalue weighted by Gasteiger charge is 2.20. The van der Waals surface area contributed by atoms with Gasteiger partial charge in [-0.3, -0.25) is 4.79 Å². The van der Waals surface area contributed by atoms with Gasteiger partial charge in [0.15, 0.2) is 22.2 Å². The molecule has 0 aliphatic carbocycles. The van der Waals surface area contributed by atoms with Crippen LogP contribution in [-0.4, -0.2) is 31.4 Å². The third-order valence-electron chi connectivity index (χ3n) is 3.63. The Kier molecular flexibility index (Phi) is 6.87. The number of benzene rings is 1. The van der Waals surface area contributed by atoms with E-state index in [1.807, 2.05) is 11.5 Å². The van der Waals surface area contributed by atoms with E-state index >= 15 is 0 Å². The van der Waals surface area contributed by atoms with E-state index in [0.29, 0.717) is 28.4 Å². The van der Waals surface area contributed by atoms with Crippen molar-refractivity contribution in [3.8, 4) is 5.75 Å². The van der Waals surface area contributed by atoms with Crippen molar-refractivity contribution in [3.05, 3.63) is 46.4 Å². The van der Waals surface area contributed by atoms with Crippen LogP contribution in [0.1, 0.15) is 25.8 Å². The number of carbonyl (C=O) groups is 1. The summed E-state index contributed by atoms with van der Waals surface area (Å²) in [4.78, 5) is 16.1. The molecular weight excluding hydrogens is 425 g/mol. The first-order valence-corrected chi connectivity index (χ1v) is 10.6. The van der Waals surface area contributed by atoms with Gasteiger partial charge in [0, 0.05) is 18.1 Å². The maximum atomic E-state index is 13.2. The summed E-state index contributed by atoms with van der Waals surface area (Å²) in [6.07, 6.45) is 1.16. The number of thiazole rings is 1. The summed E-state index contributed by atoms with van der Waals surface area (Å²) >= 11 is 8.65. The molecule has 1 amide bonds. The topological polar surface area (TPSA) is 81.9 Å². The van der Waals surface area contributed by atoms with E-state index in [4.69, 9.17) is 16.3 Å². The zero-order valence-electron chi connectivity index (χ0n) is 15.1. The zero-order valence-corrected chi connectivity index (χ0v) is 17.4. The Morgan fingerprint density at radius 1 is 1.46 bits per heavy atom. The van der Waals surface area contributed by atoms with Gasteiger partial charge in [0.2, 0.25) is 5.91 Å². The predicted octanol–water partition coefficient (Wildman–Crippen LogP) is 4.42. The maximum Gasteiger partial charge on any atom is 0.236 e. The summed E-state index contributed by atoms with van der Waals surface area (Å²) in [5.74, 6) is 0.520. The Labute approximate surface area is 174 Å². The summed E-state index contributed by atoms with van der Waals surface area (Å²) in [5.41, 5.74) is 0. The number of aromatic nitrogens is 4. The van der Waals surface area contributed by atoms with Gasteiger partial charge in [-0.2, -0.15) is 0 Å². The van der Waals surface area contributed by atoms with E-state index in [-0.39, 0.29) is 16.7 Å². The Morgan fingerprint density at radius 2 is 2.29 bits per heavy atom. The van der Waals surface area contributed by atoms with Crippen molar-refractivity contribution in [2.45, 2.75) is 31.7 Å². The molecule has 3 aromatic rings. The number of thioether (sulfide) groups is 1. The maximum absolute atomic E-state index is 13.2. The average molecular weight is 442 g/mol. The molecule has 1 atom stereocenters. The lowest BCUT2D eigenvalue weighted by atomic mass is 10.3. The molecule has 2 aromatic heterocycles. The van der Waals surface area contributed by atoms with E-state index in [2.05, 4.69) is 20.5 Å². The minimum absolute atomic E-state index is 0.172. The minimum atomic E-state index is -0.464. The fourth-order valence-corrected chi connectivity index (χ4v) is 3.96. The molecule has 0 bridgehead atoms. The van der Waals surface area contributed by atoms with Crippen LogP contribution in [0.4, 0.5) is 9.52 Å². The molecule has 3 rings (SSSR count). The molecule has 1 aromatic carbocycles. The second kappa shape index (κ2) is 9.35. The molecule has 0 spiro atoms. The van der Waals surface area contributed by atoms with Gasteiger partial charge in [-0.25, -0.2) is 9.37 Å². The first kappa shape index (κ1) is 20.6. The molecule has 11 heteroatoms. The van der Waals surface area contributed by atoms with Crippen LogP contribution in [0.2, 0.25) is 5.02 Å². The van der Waals surface area contributed by atoms with Crippen LogP contribution in [0.3, 0.4) is 0 Å². The van der Waals surface area contributed by atoms with E-state index in [1.165, 1.54) is 41.3 Å². The summed E-state index contributed by atoms with van der Waals surface area (Å²) in [7, 11) is 0. The van der Waals surface area contributed by atoms with Crippen LogP contribution in [0, 0.1) is 5.82 Å². The number of halogens is 2. The Balaban J connectivity index is 1.66. The number of nitrogens with one attached hydrogen (secondary N) is 1. The standard InChI is InChI=1S/C17H17ClFN5O2S2/c1-3-24-15(10(2)26-13-5-4-11(19)8-12(13)18)22-23-17(24)28-9-14(25)21-16-20-6-7-27-16/h4-8,10H,3,9H2,1-2H3,(H,20,21,25)/t10-/m1/s1. The summed E-state index contributed by atoms with van der Waals surface area (Å²) < 4.78 is 20.9. The molecule has 0 unspecified atom stereocenters. The molecule has 0 saturated carbocycles. The van der Waals surface area contributed by atoms with Gasteiger partial charge in [-0.1, -0.05) is 23.4 Å². The van der Waals surface area contributed by atoms with Gasteiger partial charge >= 0.3 is 0 Å². The number of hydrogen-bond acceptors (Lipinski definition) is 7. The van der Waals surface area contributed by atoms with Gasteiger partial charge in [-0.15, -0.1) is 21.5 Å². The lowest BCUT2D eigenvalue weighted by Crippen LogP contribution is -2.15. The Hall–Kier alpha value is -2.17. The van der Waals surface area contributed by atoms with E-state index < -0.39 is 11.9 Å². The molecule has 0 saturated heterocycles. The van der Waals surface area contributed by atoms with Crippen LogP contribution >= 0.6 is 34.7 Å². The SMILES string of the molecule is CCn1c(SCC(=O)Nc2nccs2)nnc1[C@@H](C)Oc1ccc(F)cc1Cl. The van der Waals surface area contributed by atoms with Crippen LogP contribution < -0.4 is 10.1 Å². The smallest absolute Gasteiger partial charge is 0.236 e. The monoisotopic (exact) mass is 441 g/mol. The van der Waals surface area contributed by atoms with Crippen molar-refractivity contribution in [2.24, 2.45) is 0 Å². The quantitative estimate of drug-likeness (QED) is 0.521. The minimum Gasteiger partial charge on any atom is -0.481 e. The molecule has 1 N–H and O–H groups in total. The predicted molar refractivity (Wildman–Crippen MR) is 108 cm³/mol. The van der Waals surface area contributed by atoms with Crippen molar-refractivity contribution in [1.82, 2.24) is 19.7 Å². The number of anilines is 1. The lowest BCUT2D eigenvalue weighted by Gasteiger charge is -2.16. The van der Waals surface area contributed by atoms with Crippen molar-refractivity contribution in [1.29, 1.82) is 0 Å². The molecule has 2 heterocycles. The Bertz CT molecular complexity index is 951. The van der Waals surface area contributed by atoms with Crippen molar-refractivity contribution >= 4 is 45.7 Å². The number of ether oxygens (including phenoxy) is 1. The Morgan fingerprint density at radius 3 is 2.96 bits per heavy atom. The first-order chi connectivity index (χ1) is 13.5. The number of amides is 1. The van der Waals surface area contributed by atoms with Crippen LogP contribution in [0.15, 0.2) is 34.9 Å².